The van der Waals surface area contributed by atoms with Crippen molar-refractivity contribution in [3.63, 3.8) is 0 Å². The fourth-order valence-electron chi connectivity index (χ4n) is 3.89. The topological polar surface area (TPSA) is 52.7 Å². The van der Waals surface area contributed by atoms with E-state index in [9.17, 15) is 9.59 Å². The van der Waals surface area contributed by atoms with E-state index in [2.05, 4.69) is 55.3 Å². The van der Waals surface area contributed by atoms with Crippen molar-refractivity contribution in [1.29, 1.82) is 0 Å². The van der Waals surface area contributed by atoms with E-state index in [-0.39, 0.29) is 17.7 Å². The molecule has 1 aliphatic rings. The summed E-state index contributed by atoms with van der Waals surface area (Å²) in [5, 5.41) is 3.05. The van der Waals surface area contributed by atoms with Crippen LogP contribution in [-0.4, -0.2) is 60.4 Å². The van der Waals surface area contributed by atoms with Crippen molar-refractivity contribution in [3.8, 4) is 0 Å². The Kier molecular flexibility index (Phi) is 11.4. The summed E-state index contributed by atoms with van der Waals surface area (Å²) in [5.41, 5.74) is 1.21. The van der Waals surface area contributed by atoms with Gasteiger partial charge < -0.3 is 10.2 Å². The van der Waals surface area contributed by atoms with Gasteiger partial charge in [0, 0.05) is 39.1 Å². The van der Waals surface area contributed by atoms with Crippen LogP contribution in [0.4, 0.5) is 0 Å². The molecule has 0 radical (unpaired) electrons. The Morgan fingerprint density at radius 1 is 1.03 bits per heavy atom. The lowest BCUT2D eigenvalue weighted by atomic mass is 9.97. The highest BCUT2D eigenvalue weighted by atomic mass is 16.2. The smallest absolute Gasteiger partial charge is 0.245 e. The Bertz CT molecular complexity index is 681. The van der Waals surface area contributed by atoms with Gasteiger partial charge in [-0.2, -0.15) is 0 Å². The van der Waals surface area contributed by atoms with Gasteiger partial charge in [0.2, 0.25) is 11.8 Å². The Balaban J connectivity index is 1.81. The van der Waals surface area contributed by atoms with E-state index in [4.69, 9.17) is 0 Å². The molecule has 0 aromatic heterocycles. The lowest BCUT2D eigenvalue weighted by Crippen LogP contribution is -2.56. The van der Waals surface area contributed by atoms with Crippen LogP contribution in [0.5, 0.6) is 0 Å². The van der Waals surface area contributed by atoms with E-state index in [1.165, 1.54) is 5.56 Å². The zero-order chi connectivity index (χ0) is 22.5. The van der Waals surface area contributed by atoms with Crippen molar-refractivity contribution in [2.24, 2.45) is 5.92 Å². The molecular formula is C26H41N3O2. The van der Waals surface area contributed by atoms with Gasteiger partial charge in [0.1, 0.15) is 6.04 Å². The van der Waals surface area contributed by atoms with E-state index in [0.29, 0.717) is 6.42 Å². The molecule has 5 heteroatoms. The van der Waals surface area contributed by atoms with Gasteiger partial charge in [-0.1, -0.05) is 88.9 Å². The van der Waals surface area contributed by atoms with E-state index in [1.807, 2.05) is 23.1 Å². The number of hydrogen-bond donors (Lipinski definition) is 1. The van der Waals surface area contributed by atoms with Crippen LogP contribution < -0.4 is 5.32 Å². The number of rotatable bonds is 12. The first-order chi connectivity index (χ1) is 15.0. The second-order valence-electron chi connectivity index (χ2n) is 8.68. The van der Waals surface area contributed by atoms with E-state index in [0.717, 1.165) is 64.8 Å². The molecule has 2 amide bonds. The predicted molar refractivity (Wildman–Crippen MR) is 129 cm³/mol. The zero-order valence-corrected chi connectivity index (χ0v) is 19.7. The molecule has 31 heavy (non-hydrogen) atoms. The molecule has 1 aromatic carbocycles. The maximum absolute atomic E-state index is 13.2. The first-order valence-corrected chi connectivity index (χ1v) is 12.1. The van der Waals surface area contributed by atoms with Gasteiger partial charge in [-0.3, -0.25) is 14.5 Å². The number of unbranched alkanes of at least 4 members (excludes halogenated alkanes) is 3. The summed E-state index contributed by atoms with van der Waals surface area (Å²) < 4.78 is 0. The average Bonchev–Trinajstić information content (AvgIpc) is 2.80. The lowest BCUT2D eigenvalue weighted by Gasteiger charge is -2.37. The summed E-state index contributed by atoms with van der Waals surface area (Å²) >= 11 is 0. The van der Waals surface area contributed by atoms with E-state index in [1.54, 1.807) is 0 Å². The molecule has 1 aliphatic heterocycles. The Labute approximate surface area is 188 Å². The molecule has 1 fully saturated rings. The summed E-state index contributed by atoms with van der Waals surface area (Å²) in [4.78, 5) is 29.9. The monoisotopic (exact) mass is 427 g/mol. The summed E-state index contributed by atoms with van der Waals surface area (Å²) in [6.07, 6.45) is 10.0. The first-order valence-electron chi connectivity index (χ1n) is 12.1. The van der Waals surface area contributed by atoms with Crippen LogP contribution in [0.25, 0.3) is 6.08 Å². The highest BCUT2D eigenvalue weighted by molar-refractivity contribution is 5.88. The maximum atomic E-state index is 13.2. The summed E-state index contributed by atoms with van der Waals surface area (Å²) in [5.74, 6) is 0.231. The molecule has 172 valence electrons. The molecule has 2 rings (SSSR count). The zero-order valence-electron chi connectivity index (χ0n) is 19.7. The van der Waals surface area contributed by atoms with Crippen LogP contribution in [0.15, 0.2) is 36.4 Å². The normalized spacial score (nSPS) is 16.9. The third kappa shape index (κ3) is 8.86. The third-order valence-corrected chi connectivity index (χ3v) is 6.21. The minimum absolute atomic E-state index is 0.0134. The summed E-state index contributed by atoms with van der Waals surface area (Å²) in [6, 6.07) is 9.90. The third-order valence-electron chi connectivity index (χ3n) is 6.21. The quantitative estimate of drug-likeness (QED) is 0.505. The Morgan fingerprint density at radius 2 is 1.74 bits per heavy atom. The Hall–Kier alpha value is -2.14. The molecule has 5 nitrogen and oxygen atoms in total. The van der Waals surface area contributed by atoms with Crippen LogP contribution in [0.1, 0.15) is 64.9 Å². The summed E-state index contributed by atoms with van der Waals surface area (Å²) in [6.45, 7) is 10.4. The van der Waals surface area contributed by atoms with Gasteiger partial charge >= 0.3 is 0 Å². The van der Waals surface area contributed by atoms with Crippen LogP contribution in [0.3, 0.4) is 0 Å². The molecule has 1 N–H and O–H groups in total. The molecule has 1 saturated heterocycles. The molecule has 0 aliphatic carbocycles. The number of carbonyl (C=O) groups excluding carboxylic acids is 2. The highest BCUT2D eigenvalue weighted by Crippen LogP contribution is 2.14. The molecule has 0 bridgehead atoms. The molecule has 1 heterocycles. The predicted octanol–water partition coefficient (Wildman–Crippen LogP) is 4.35. The highest BCUT2D eigenvalue weighted by Gasteiger charge is 2.31. The minimum atomic E-state index is -0.409. The molecule has 0 spiro atoms. The second kappa shape index (κ2) is 14.0. The molecule has 2 atom stereocenters. The van der Waals surface area contributed by atoms with Crippen LogP contribution >= 0.6 is 0 Å². The van der Waals surface area contributed by atoms with Gasteiger partial charge in [0.05, 0.1) is 0 Å². The SMILES string of the molecule is CCCCCCC(=O)NC(C(=O)N1CCN(C/C=C/c2ccccc2)CC1)C(C)CC. The van der Waals surface area contributed by atoms with Gasteiger partial charge in [0.15, 0.2) is 0 Å². The van der Waals surface area contributed by atoms with Crippen molar-refractivity contribution in [2.45, 2.75) is 65.3 Å². The van der Waals surface area contributed by atoms with Crippen LogP contribution in [0.2, 0.25) is 0 Å². The average molecular weight is 428 g/mol. The van der Waals surface area contributed by atoms with Crippen molar-refractivity contribution < 1.29 is 9.59 Å². The number of nitrogens with one attached hydrogen (secondary N) is 1. The second-order valence-corrected chi connectivity index (χ2v) is 8.68. The van der Waals surface area contributed by atoms with Crippen molar-refractivity contribution >= 4 is 17.9 Å². The molecule has 2 unspecified atom stereocenters. The fourth-order valence-corrected chi connectivity index (χ4v) is 3.89. The first kappa shape index (κ1) is 25.1. The number of hydrogen-bond acceptors (Lipinski definition) is 3. The van der Waals surface area contributed by atoms with E-state index >= 15 is 0 Å². The number of amides is 2. The molecule has 0 saturated carbocycles. The minimum Gasteiger partial charge on any atom is -0.344 e. The van der Waals surface area contributed by atoms with Gasteiger partial charge in [-0.25, -0.2) is 0 Å². The number of nitrogens with zero attached hydrogens (tertiary/aromatic N) is 2. The van der Waals surface area contributed by atoms with Gasteiger partial charge in [-0.05, 0) is 17.9 Å². The Morgan fingerprint density at radius 3 is 2.39 bits per heavy atom. The molecular weight excluding hydrogens is 386 g/mol. The van der Waals surface area contributed by atoms with Crippen molar-refractivity contribution in [3.05, 3.63) is 42.0 Å². The van der Waals surface area contributed by atoms with Crippen LogP contribution in [-0.2, 0) is 9.59 Å². The number of carbonyl (C=O) groups is 2. The van der Waals surface area contributed by atoms with Gasteiger partial charge in [0.25, 0.3) is 0 Å². The fraction of sp³-hybridized carbons (Fsp3) is 0.615. The summed E-state index contributed by atoms with van der Waals surface area (Å²) in [7, 11) is 0. The van der Waals surface area contributed by atoms with Crippen molar-refractivity contribution in [2.75, 3.05) is 32.7 Å². The van der Waals surface area contributed by atoms with Gasteiger partial charge in [-0.15, -0.1) is 0 Å². The number of piperazine rings is 1. The maximum Gasteiger partial charge on any atom is 0.245 e. The lowest BCUT2D eigenvalue weighted by molar-refractivity contribution is -0.139. The van der Waals surface area contributed by atoms with Crippen LogP contribution in [0, 0.1) is 5.92 Å². The molecule has 1 aromatic rings. The number of benzene rings is 1. The van der Waals surface area contributed by atoms with Crippen molar-refractivity contribution in [1.82, 2.24) is 15.1 Å². The van der Waals surface area contributed by atoms with E-state index < -0.39 is 6.04 Å². The standard InChI is InChI=1S/C26H41N3O2/c1-4-6-7-11-16-24(30)27-25(22(3)5-2)26(31)29-20-18-28(19-21-29)17-12-15-23-13-9-8-10-14-23/h8-10,12-15,22,25H,4-7,11,16-21H2,1-3H3,(H,27,30)/b15-12+. The largest absolute Gasteiger partial charge is 0.344 e.